The molecule has 6 atom stereocenters. The van der Waals surface area contributed by atoms with E-state index in [0.29, 0.717) is 63.5 Å². The zero-order valence-electron chi connectivity index (χ0n) is 67.2. The third kappa shape index (κ3) is 26.6. The van der Waals surface area contributed by atoms with Gasteiger partial charge < -0.3 is 23.1 Å². The van der Waals surface area contributed by atoms with E-state index in [4.69, 9.17) is 23.1 Å². The second-order valence-corrected chi connectivity index (χ2v) is 35.6. The highest BCUT2D eigenvalue weighted by molar-refractivity contribution is 8.02. The Morgan fingerprint density at radius 1 is 0.446 bits per heavy atom. The van der Waals surface area contributed by atoms with Gasteiger partial charge in [-0.3, -0.25) is 28.8 Å². The van der Waals surface area contributed by atoms with E-state index >= 15 is 0 Å². The normalized spacial score (nSPS) is 15.0. The summed E-state index contributed by atoms with van der Waals surface area (Å²) in [7, 11) is -3.61. The fourth-order valence-electron chi connectivity index (χ4n) is 11.8. The molecular weight excluding hydrogens is 1460 g/mol. The standard InChI is InChI=1S/C29H30O3.C25H26O3S.C23H28O4S.C18H26O4S/c1-5-23-16-18-24(19-17-23)20-21-28(3,22(2)30)27(31)32-29(4,25-12-8-6-9-13-25)26-14-10-7-11-15-26;1-3-20-11-13-21(14-12-20)15-16-25(19(2)26,18-22-8-5-4-6-9-22)24(27)28-23-10-7-17-29-23;1-6-18-12-14-19(15-13-18)16-17-23(5,21(24)26-22(2,3)4)28(25)27-20-10-8-7-9-11-20;1-7-14-8-10-15(11-9-14)12-13-18(5,23(6,20)21)16(19)22-17(2,3)4/h5-19H,1,20-21H2,2-4H3;3-9,11-14,17,23H,1,10,15-16,18H2,2H3;6-15H,1,16-17H2,2-5H3;7-11H,1,12-13H2,2-6H3. The number of sulfone groups is 1. The van der Waals surface area contributed by atoms with Gasteiger partial charge in [0, 0.05) is 12.7 Å². The fourth-order valence-corrected chi connectivity index (χ4v) is 14.3. The third-order valence-electron chi connectivity index (χ3n) is 19.6. The van der Waals surface area contributed by atoms with Crippen LogP contribution in [0.25, 0.3) is 24.3 Å². The average Bonchev–Trinajstić information content (AvgIpc) is 0.795. The number of carbonyl (C=O) groups excluding carboxylic acids is 6. The van der Waals surface area contributed by atoms with E-state index in [-0.39, 0.29) is 23.4 Å². The number of carbonyl (C=O) groups is 6. The van der Waals surface area contributed by atoms with Gasteiger partial charge in [0.25, 0.3) is 0 Å². The lowest BCUT2D eigenvalue weighted by Gasteiger charge is -2.35. The molecule has 1 heterocycles. The third-order valence-corrected chi connectivity index (χ3v) is 24.0. The van der Waals surface area contributed by atoms with E-state index in [9.17, 15) is 41.4 Å². The molecule has 0 saturated heterocycles. The maximum Gasteiger partial charge on any atom is 0.328 e. The number of hydrogen-bond acceptors (Lipinski definition) is 15. The monoisotopic (exact) mass is 1570 g/mol. The minimum absolute atomic E-state index is 0.148. The van der Waals surface area contributed by atoms with E-state index in [2.05, 4.69) is 26.3 Å². The number of Topliss-reactive ketones (excluding diaryl/α,β-unsaturated/α-hetero) is 2. The van der Waals surface area contributed by atoms with Gasteiger partial charge in [0.05, 0.1) is 0 Å². The summed E-state index contributed by atoms with van der Waals surface area (Å²) < 4.78 is 63.0. The molecule has 14 nitrogen and oxygen atoms in total. The maximum atomic E-state index is 13.5. The molecule has 0 spiro atoms. The van der Waals surface area contributed by atoms with Crippen LogP contribution in [0.2, 0.25) is 0 Å². The van der Waals surface area contributed by atoms with E-state index in [1.807, 2.05) is 213 Å². The van der Waals surface area contributed by atoms with E-state index in [0.717, 1.165) is 67.5 Å². The number of ether oxygens (including phenoxy) is 4. The lowest BCUT2D eigenvalue weighted by molar-refractivity contribution is -0.170. The van der Waals surface area contributed by atoms with Gasteiger partial charge in [0.1, 0.15) is 39.3 Å². The Morgan fingerprint density at radius 2 is 0.821 bits per heavy atom. The SMILES string of the molecule is C=Cc1ccc(CCC(C)(C(=O)OC(C)(C)C)S(=O)Oc2ccccc2)cc1.C=Cc1ccc(CCC(C)(C(=O)OC(C)(C)C)S(C)(=O)=O)cc1.C=Cc1ccc(CCC(C)(C(C)=O)C(=O)OC(C)(c2ccccc2)c2ccccc2)cc1.C=Cc1ccc(CCC(Cc2ccccc2)(C(C)=O)C(=O)OC2CC=CS2)cc1. The molecule has 0 radical (unpaired) electrons. The van der Waals surface area contributed by atoms with E-state index in [1.165, 1.54) is 32.5 Å². The summed E-state index contributed by atoms with van der Waals surface area (Å²) in [6.07, 6.45) is 14.7. The molecule has 8 aromatic carbocycles. The molecule has 17 heteroatoms. The Labute approximate surface area is 671 Å². The van der Waals surface area contributed by atoms with Crippen LogP contribution in [0.4, 0.5) is 0 Å². The van der Waals surface area contributed by atoms with Crippen LogP contribution >= 0.6 is 11.8 Å². The molecule has 592 valence electrons. The number of thioether (sulfide) groups is 1. The van der Waals surface area contributed by atoms with Gasteiger partial charge in [-0.05, 0) is 220 Å². The molecule has 0 fully saturated rings. The van der Waals surface area contributed by atoms with Crippen molar-refractivity contribution in [3.05, 3.63) is 317 Å². The highest BCUT2D eigenvalue weighted by Crippen LogP contribution is 2.40. The summed E-state index contributed by atoms with van der Waals surface area (Å²) in [5.41, 5.74) is 5.79. The minimum atomic E-state index is -3.61. The molecule has 0 saturated carbocycles. The number of aryl methyl sites for hydroxylation is 4. The molecule has 0 aliphatic carbocycles. The number of esters is 4. The molecule has 0 amide bonds. The minimum Gasteiger partial charge on any atom is -0.459 e. The average molecular weight is 1570 g/mol. The van der Waals surface area contributed by atoms with Crippen LogP contribution in [-0.2, 0) is 106 Å². The first-order chi connectivity index (χ1) is 52.8. The molecule has 0 N–H and O–H groups in total. The molecule has 112 heavy (non-hydrogen) atoms. The lowest BCUT2D eigenvalue weighted by Crippen LogP contribution is -2.47. The Kier molecular flexibility index (Phi) is 33.6. The highest BCUT2D eigenvalue weighted by atomic mass is 32.2. The van der Waals surface area contributed by atoms with Crippen molar-refractivity contribution in [3.8, 4) is 5.75 Å². The number of ketones is 2. The highest BCUT2D eigenvalue weighted by Gasteiger charge is 2.49. The molecular formula is C95H110O14S3. The molecule has 8 aromatic rings. The van der Waals surface area contributed by atoms with Crippen LogP contribution in [-0.4, -0.2) is 80.5 Å². The van der Waals surface area contributed by atoms with Gasteiger partial charge >= 0.3 is 23.9 Å². The Hall–Kier alpha value is -10.1. The predicted molar refractivity (Wildman–Crippen MR) is 457 cm³/mol. The van der Waals surface area contributed by atoms with Gasteiger partial charge in [-0.2, -0.15) is 0 Å². The number of para-hydroxylation sites is 1. The van der Waals surface area contributed by atoms with E-state index in [1.54, 1.807) is 104 Å². The first-order valence-electron chi connectivity index (χ1n) is 37.4. The second-order valence-electron chi connectivity index (χ2n) is 30.6. The van der Waals surface area contributed by atoms with Crippen molar-refractivity contribution in [1.29, 1.82) is 0 Å². The molecule has 0 aromatic heterocycles. The van der Waals surface area contributed by atoms with Crippen molar-refractivity contribution >= 4 is 92.4 Å². The second kappa shape index (κ2) is 41.5. The Bertz CT molecular complexity index is 4580. The quantitative estimate of drug-likeness (QED) is 0.0219. The topological polar surface area (TPSA) is 200 Å². The van der Waals surface area contributed by atoms with Gasteiger partial charge in [-0.25, -0.2) is 12.6 Å². The predicted octanol–water partition coefficient (Wildman–Crippen LogP) is 20.5. The Morgan fingerprint density at radius 3 is 1.19 bits per heavy atom. The Balaban J connectivity index is 0.000000234. The van der Waals surface area contributed by atoms with Crippen molar-refractivity contribution in [1.82, 2.24) is 0 Å². The van der Waals surface area contributed by atoms with Crippen LogP contribution < -0.4 is 4.18 Å². The zero-order valence-corrected chi connectivity index (χ0v) is 69.6. The first-order valence-corrected chi connectivity index (χ1v) is 41.4. The van der Waals surface area contributed by atoms with Gasteiger partial charge in [-0.1, -0.05) is 275 Å². The first kappa shape index (κ1) is 90.8. The van der Waals surface area contributed by atoms with Crippen LogP contribution in [0.5, 0.6) is 5.75 Å². The van der Waals surface area contributed by atoms with Crippen LogP contribution in [0.1, 0.15) is 176 Å². The molecule has 6 unspecified atom stereocenters. The number of benzene rings is 8. The molecule has 1 aliphatic rings. The summed E-state index contributed by atoms with van der Waals surface area (Å²) in [5, 5.41) is 1.94. The number of rotatable bonds is 32. The van der Waals surface area contributed by atoms with Crippen LogP contribution in [0, 0.1) is 10.8 Å². The molecule has 9 rings (SSSR count). The van der Waals surface area contributed by atoms with Crippen LogP contribution in [0.3, 0.4) is 0 Å². The zero-order chi connectivity index (χ0) is 82.6. The molecule has 0 bridgehead atoms. The van der Waals surface area contributed by atoms with Gasteiger partial charge in [-0.15, -0.1) is 0 Å². The summed E-state index contributed by atoms with van der Waals surface area (Å²) in [6.45, 7) is 35.1. The number of hydrogen-bond donors (Lipinski definition) is 0. The van der Waals surface area contributed by atoms with Gasteiger partial charge in [0.2, 0.25) is 11.1 Å². The van der Waals surface area contributed by atoms with Crippen LogP contribution in [0.15, 0.2) is 256 Å². The lowest BCUT2D eigenvalue weighted by atomic mass is 9.74. The largest absolute Gasteiger partial charge is 0.459 e. The van der Waals surface area contributed by atoms with Crippen molar-refractivity contribution in [2.24, 2.45) is 10.8 Å². The maximum absolute atomic E-state index is 13.5. The smallest absolute Gasteiger partial charge is 0.328 e. The summed E-state index contributed by atoms with van der Waals surface area (Å²) >= 11 is -0.430. The molecule has 1 aliphatic heterocycles. The van der Waals surface area contributed by atoms with E-state index < -0.39 is 81.9 Å². The summed E-state index contributed by atoms with van der Waals surface area (Å²) in [6, 6.07) is 69.3. The van der Waals surface area contributed by atoms with Crippen molar-refractivity contribution in [3.63, 3.8) is 0 Å². The van der Waals surface area contributed by atoms with Crippen molar-refractivity contribution in [2.45, 2.75) is 179 Å². The van der Waals surface area contributed by atoms with Crippen molar-refractivity contribution in [2.75, 3.05) is 6.26 Å². The van der Waals surface area contributed by atoms with Crippen molar-refractivity contribution < 1.29 is 64.5 Å². The summed E-state index contributed by atoms with van der Waals surface area (Å²) in [5.74, 6) is -2.06. The summed E-state index contributed by atoms with van der Waals surface area (Å²) in [4.78, 5) is 77.7. The fraction of sp³-hybridized carbons (Fsp3) is 0.326. The van der Waals surface area contributed by atoms with Gasteiger partial charge in [0.15, 0.2) is 30.4 Å².